The Hall–Kier alpha value is -7.47. The Labute approximate surface area is 483 Å². The molecule has 81 heavy (non-hydrogen) atoms. The molecule has 0 atom stereocenters. The lowest BCUT2D eigenvalue weighted by Crippen LogP contribution is -2.47. The molecule has 1 N–H and O–H groups in total. The topological polar surface area (TPSA) is 130 Å². The molecule has 3 aliphatic rings. The van der Waals surface area contributed by atoms with E-state index in [4.69, 9.17) is 37.8 Å². The van der Waals surface area contributed by atoms with E-state index in [1.807, 2.05) is 95.7 Å². The van der Waals surface area contributed by atoms with Crippen molar-refractivity contribution in [3.63, 3.8) is 0 Å². The molecule has 7 aromatic carbocycles. The molecule has 1 saturated carbocycles. The fourth-order valence-corrected chi connectivity index (χ4v) is 13.3. The van der Waals surface area contributed by atoms with Gasteiger partial charge < -0.3 is 14.4 Å². The summed E-state index contributed by atoms with van der Waals surface area (Å²) >= 11 is 12.9. The monoisotopic (exact) mass is 1140 g/mol. The summed E-state index contributed by atoms with van der Waals surface area (Å²) in [6.07, 6.45) is 6.12. The average molecular weight is 1140 g/mol. The third-order valence-corrected chi connectivity index (χ3v) is 18.3. The summed E-state index contributed by atoms with van der Waals surface area (Å²) in [6.45, 7) is 8.25. The van der Waals surface area contributed by atoms with Crippen LogP contribution in [0.15, 0.2) is 187 Å². The van der Waals surface area contributed by atoms with Crippen molar-refractivity contribution < 1.29 is 27.1 Å². The van der Waals surface area contributed by atoms with Crippen LogP contribution in [0.5, 0.6) is 17.2 Å². The van der Waals surface area contributed by atoms with Gasteiger partial charge in [-0.25, -0.2) is 22.2 Å². The molecule has 11 nitrogen and oxygen atoms in total. The molecule has 414 valence electrons. The number of carbonyl (C=O) groups excluding carboxylic acids is 1. The summed E-state index contributed by atoms with van der Waals surface area (Å²) < 4.78 is 60.9. The summed E-state index contributed by atoms with van der Waals surface area (Å²) in [5.74, 6) is -0.487. The molecule has 8 aromatic rings. The maximum Gasteiger partial charge on any atom is 0.268 e. The van der Waals surface area contributed by atoms with Crippen molar-refractivity contribution in [2.24, 2.45) is 11.3 Å². The zero-order chi connectivity index (χ0) is 56.4. The Balaban J connectivity index is 0.912. The highest BCUT2D eigenvalue weighted by atomic mass is 35.5. The number of carbonyl (C=O) groups is 1. The van der Waals surface area contributed by atoms with Crippen molar-refractivity contribution in [1.82, 2.24) is 19.4 Å². The zero-order valence-corrected chi connectivity index (χ0v) is 47.7. The van der Waals surface area contributed by atoms with Crippen LogP contribution in [0.4, 0.5) is 10.1 Å². The number of nitrogens with one attached hydrogen (secondary N) is 1. The van der Waals surface area contributed by atoms with Gasteiger partial charge in [-0.15, -0.1) is 0 Å². The number of sulfonamides is 1. The van der Waals surface area contributed by atoms with Crippen molar-refractivity contribution in [1.29, 1.82) is 5.26 Å². The van der Waals surface area contributed by atoms with Gasteiger partial charge in [0.15, 0.2) is 0 Å². The van der Waals surface area contributed by atoms with Crippen LogP contribution in [0.1, 0.15) is 91.4 Å². The minimum absolute atomic E-state index is 0.0233. The number of anilines is 1. The van der Waals surface area contributed by atoms with Gasteiger partial charge in [-0.1, -0.05) is 152 Å². The van der Waals surface area contributed by atoms with Crippen molar-refractivity contribution >= 4 is 61.3 Å². The smallest absolute Gasteiger partial charge is 0.268 e. The van der Waals surface area contributed by atoms with E-state index in [2.05, 4.69) is 83.0 Å². The number of ether oxygens (including phenoxy) is 2. The average Bonchev–Trinajstić information content (AvgIpc) is 4.19. The van der Waals surface area contributed by atoms with Crippen LogP contribution in [0.2, 0.25) is 10.0 Å². The number of hydrogen-bond acceptors (Lipinski definition) is 9. The predicted molar refractivity (Wildman–Crippen MR) is 319 cm³/mol. The van der Waals surface area contributed by atoms with Gasteiger partial charge in [-0.05, 0) is 133 Å². The first-order chi connectivity index (χ1) is 39.1. The number of piperazine rings is 1. The summed E-state index contributed by atoms with van der Waals surface area (Å²) in [6, 6.07) is 55.9. The van der Waals surface area contributed by atoms with Crippen LogP contribution >= 0.6 is 23.2 Å². The van der Waals surface area contributed by atoms with E-state index in [9.17, 15) is 18.5 Å². The third kappa shape index (κ3) is 11.7. The standard InChI is InChI=1S/C66H63Cl2FN6O5S/c1-64(2)32-31-48(56(41-64)47-21-23-52(67)24-22-47)44-73-35-37-74(38-36-73)53-25-27-55(63(76)72-81(77,78)54-26-28-61(58(68)40-54)79-45-65(69)33-29-46(42-70)30-34-65)62(39-53)80-60-20-12-19-59-57(60)43-71-75(59)66(49-13-6-3-7-14-49,50-15-8-4-9-16-50)51-17-10-5-11-18-51/h3-28,39-40,43,46H,29-38,41,44-45H2,1-2H3,(H,72,76)/t46-,65+. The second-order valence-corrected chi connectivity index (χ2v) is 24.9. The van der Waals surface area contributed by atoms with E-state index in [0.717, 1.165) is 71.8 Å². The molecule has 1 saturated heterocycles. The minimum atomic E-state index is -4.54. The number of benzene rings is 7. The van der Waals surface area contributed by atoms with E-state index in [1.54, 1.807) is 18.3 Å². The summed E-state index contributed by atoms with van der Waals surface area (Å²) in [4.78, 5) is 19.1. The maximum absolute atomic E-state index is 15.6. The van der Waals surface area contributed by atoms with Crippen LogP contribution in [0, 0.1) is 22.7 Å². The highest BCUT2D eigenvalue weighted by Gasteiger charge is 2.41. The van der Waals surface area contributed by atoms with Crippen LogP contribution in [-0.2, 0) is 15.6 Å². The zero-order valence-electron chi connectivity index (χ0n) is 45.3. The first kappa shape index (κ1) is 55.4. The second kappa shape index (κ2) is 23.2. The quantitative estimate of drug-likeness (QED) is 0.0940. The molecule has 1 amide bonds. The van der Waals surface area contributed by atoms with Gasteiger partial charge in [-0.3, -0.25) is 9.69 Å². The van der Waals surface area contributed by atoms with Crippen molar-refractivity contribution in [3.05, 3.63) is 219 Å². The van der Waals surface area contributed by atoms with Crippen LogP contribution in [0.3, 0.4) is 0 Å². The normalized spacial score (nSPS) is 18.8. The van der Waals surface area contributed by atoms with Crippen LogP contribution < -0.4 is 19.1 Å². The Morgan fingerprint density at radius 2 is 1.41 bits per heavy atom. The molecule has 0 spiro atoms. The molecule has 15 heteroatoms. The van der Waals surface area contributed by atoms with E-state index >= 15 is 4.39 Å². The van der Waals surface area contributed by atoms with Crippen LogP contribution in [-0.4, -0.2) is 74.0 Å². The maximum atomic E-state index is 15.6. The third-order valence-electron chi connectivity index (χ3n) is 16.4. The van der Waals surface area contributed by atoms with Gasteiger partial charge in [-0.2, -0.15) is 10.4 Å². The predicted octanol–water partition coefficient (Wildman–Crippen LogP) is 14.7. The first-order valence-electron chi connectivity index (χ1n) is 27.6. The summed E-state index contributed by atoms with van der Waals surface area (Å²) in [7, 11) is -4.54. The van der Waals surface area contributed by atoms with Crippen molar-refractivity contribution in [2.75, 3.05) is 44.2 Å². The molecule has 2 fully saturated rings. The highest BCUT2D eigenvalue weighted by Crippen LogP contribution is 2.46. The molecule has 11 rings (SSSR count). The van der Waals surface area contributed by atoms with Gasteiger partial charge >= 0.3 is 0 Å². The summed E-state index contributed by atoms with van der Waals surface area (Å²) in [5.41, 5.74) is 6.20. The molecular formula is C66H63Cl2FN6O5S. The van der Waals surface area contributed by atoms with Gasteiger partial charge in [0.05, 0.1) is 38.7 Å². The van der Waals surface area contributed by atoms with Crippen LogP contribution in [0.25, 0.3) is 16.5 Å². The Morgan fingerprint density at radius 3 is 2.02 bits per heavy atom. The lowest BCUT2D eigenvalue weighted by Gasteiger charge is -2.39. The van der Waals surface area contributed by atoms with E-state index < -0.39 is 27.1 Å². The van der Waals surface area contributed by atoms with Crippen molar-refractivity contribution in [2.45, 2.75) is 74.9 Å². The fraction of sp³-hybridized carbons (Fsp3) is 0.288. The highest BCUT2D eigenvalue weighted by molar-refractivity contribution is 7.90. The Morgan fingerprint density at radius 1 is 0.765 bits per heavy atom. The van der Waals surface area contributed by atoms with E-state index in [1.165, 1.54) is 34.9 Å². The number of nitriles is 1. The van der Waals surface area contributed by atoms with Gasteiger partial charge in [0.25, 0.3) is 15.9 Å². The summed E-state index contributed by atoms with van der Waals surface area (Å²) in [5, 5.41) is 15.8. The molecule has 0 bridgehead atoms. The number of nitrogens with zero attached hydrogens (tertiary/aromatic N) is 5. The molecular weight excluding hydrogens is 1080 g/mol. The molecule has 1 aliphatic heterocycles. The molecule has 1 aromatic heterocycles. The SMILES string of the molecule is CC1(C)CCC(CN2CCN(c3ccc(C(=O)NS(=O)(=O)c4ccc(OC[C@]5(F)CC[C@@H](C#N)CC5)c(Cl)c4)c(Oc4cccc5c4cnn5C(c4ccccc4)(c4ccccc4)c4ccccc4)c3)CC2)=C(c2ccc(Cl)cc2)C1. The molecule has 0 radical (unpaired) electrons. The number of amides is 1. The number of aromatic nitrogens is 2. The lowest BCUT2D eigenvalue weighted by molar-refractivity contribution is 0.0395. The number of alkyl halides is 1. The molecule has 2 aliphatic carbocycles. The van der Waals surface area contributed by atoms with Crippen molar-refractivity contribution in [3.8, 4) is 23.3 Å². The Kier molecular flexibility index (Phi) is 15.9. The Bertz CT molecular complexity index is 3670. The number of allylic oxidation sites excluding steroid dienone is 1. The molecule has 2 heterocycles. The number of rotatable bonds is 16. The van der Waals surface area contributed by atoms with E-state index in [0.29, 0.717) is 37.1 Å². The molecule has 0 unspecified atom stereocenters. The minimum Gasteiger partial charge on any atom is -0.489 e. The van der Waals surface area contributed by atoms with E-state index in [-0.39, 0.29) is 57.8 Å². The van der Waals surface area contributed by atoms with Gasteiger partial charge in [0, 0.05) is 55.4 Å². The number of hydrogen-bond donors (Lipinski definition) is 1. The lowest BCUT2D eigenvalue weighted by atomic mass is 9.72. The first-order valence-corrected chi connectivity index (χ1v) is 29.8. The second-order valence-electron chi connectivity index (χ2n) is 22.4. The largest absolute Gasteiger partial charge is 0.489 e. The number of halogens is 3. The van der Waals surface area contributed by atoms with Gasteiger partial charge in [0.1, 0.15) is 35.1 Å². The van der Waals surface area contributed by atoms with Gasteiger partial charge in [0.2, 0.25) is 0 Å². The number of fused-ring (bicyclic) bond motifs is 1. The fourth-order valence-electron chi connectivity index (χ4n) is 11.9.